The largest absolute Gasteiger partial charge is 0.481 e. The molecule has 0 bridgehead atoms. The molecule has 1 N–H and O–H groups in total. The highest BCUT2D eigenvalue weighted by Crippen LogP contribution is 2.30. The molecule has 1 heterocycles. The molecule has 1 saturated heterocycles. The molecule has 2 unspecified atom stereocenters. The first-order valence-corrected chi connectivity index (χ1v) is 8.07. The fourth-order valence-electron chi connectivity index (χ4n) is 2.85. The van der Waals surface area contributed by atoms with Crippen molar-refractivity contribution >= 4 is 23.5 Å². The third kappa shape index (κ3) is 4.03. The van der Waals surface area contributed by atoms with Gasteiger partial charge in [0, 0.05) is 18.6 Å². The van der Waals surface area contributed by atoms with E-state index in [1.165, 1.54) is 0 Å². The molecule has 0 aromatic heterocycles. The number of carbonyl (C=O) groups excluding carboxylic acids is 1. The average Bonchev–Trinajstić information content (AvgIpc) is 2.89. The second-order valence-corrected chi connectivity index (χ2v) is 7.00. The first-order valence-electron chi connectivity index (χ1n) is 7.70. The second kappa shape index (κ2) is 6.89. The maximum Gasteiger partial charge on any atom is 0.310 e. The van der Waals surface area contributed by atoms with Gasteiger partial charge in [-0.05, 0) is 44.5 Å². The van der Waals surface area contributed by atoms with Crippen molar-refractivity contribution < 1.29 is 14.7 Å². The topological polar surface area (TPSA) is 60.9 Å². The summed E-state index contributed by atoms with van der Waals surface area (Å²) < 4.78 is 0. The number of carboxylic acids is 1. The van der Waals surface area contributed by atoms with Gasteiger partial charge in [0.2, 0.25) is 5.91 Å². The maximum atomic E-state index is 12.5. The molecule has 5 nitrogen and oxygen atoms in total. The summed E-state index contributed by atoms with van der Waals surface area (Å²) in [5.74, 6) is -0.808. The van der Waals surface area contributed by atoms with Gasteiger partial charge in [-0.15, -0.1) is 0 Å². The molecule has 1 aliphatic heterocycles. The fraction of sp³-hybridized carbons (Fsp3) is 0.529. The molecule has 0 radical (unpaired) electrons. The van der Waals surface area contributed by atoms with Gasteiger partial charge >= 0.3 is 5.97 Å². The number of benzene rings is 1. The van der Waals surface area contributed by atoms with Crippen LogP contribution in [-0.4, -0.2) is 53.5 Å². The minimum atomic E-state index is -0.796. The molecule has 0 spiro atoms. The van der Waals surface area contributed by atoms with E-state index in [1.807, 2.05) is 36.1 Å². The van der Waals surface area contributed by atoms with Gasteiger partial charge in [0.1, 0.15) is 0 Å². The molecule has 1 amide bonds. The molecule has 1 aromatic rings. The van der Waals surface area contributed by atoms with Crippen LogP contribution < -0.4 is 0 Å². The third-order valence-corrected chi connectivity index (χ3v) is 5.01. The number of carboxylic acid groups (broad SMARTS) is 1. The van der Waals surface area contributed by atoms with Gasteiger partial charge in [-0.25, -0.2) is 0 Å². The Morgan fingerprint density at radius 2 is 2.00 bits per heavy atom. The molecule has 2 atom stereocenters. The zero-order valence-electron chi connectivity index (χ0n) is 13.8. The highest BCUT2D eigenvalue weighted by molar-refractivity contribution is 6.30. The highest BCUT2D eigenvalue weighted by Gasteiger charge is 2.41. The third-order valence-electron chi connectivity index (χ3n) is 4.75. The molecule has 1 aliphatic rings. The van der Waals surface area contributed by atoms with Crippen molar-refractivity contribution in [2.45, 2.75) is 26.3 Å². The SMILES string of the molecule is CC(c1ccc(Cl)cc1)N(C)C(=O)CN1CCC(C)(C(=O)O)C1. The Morgan fingerprint density at radius 3 is 2.52 bits per heavy atom. The van der Waals surface area contributed by atoms with E-state index in [0.29, 0.717) is 24.5 Å². The van der Waals surface area contributed by atoms with Crippen LogP contribution in [0.4, 0.5) is 0 Å². The molecule has 2 rings (SSSR count). The van der Waals surface area contributed by atoms with Crippen LogP contribution in [0.25, 0.3) is 0 Å². The molecule has 6 heteroatoms. The van der Waals surface area contributed by atoms with Gasteiger partial charge in [0.15, 0.2) is 0 Å². The van der Waals surface area contributed by atoms with E-state index >= 15 is 0 Å². The minimum absolute atomic E-state index is 0.0120. The summed E-state index contributed by atoms with van der Waals surface area (Å²) in [5, 5.41) is 9.93. The summed E-state index contributed by atoms with van der Waals surface area (Å²) in [6, 6.07) is 7.38. The summed E-state index contributed by atoms with van der Waals surface area (Å²) in [7, 11) is 1.77. The van der Waals surface area contributed by atoms with E-state index < -0.39 is 11.4 Å². The number of hydrogen-bond acceptors (Lipinski definition) is 3. The quantitative estimate of drug-likeness (QED) is 0.896. The smallest absolute Gasteiger partial charge is 0.310 e. The molecular weight excluding hydrogens is 316 g/mol. The first-order chi connectivity index (χ1) is 10.7. The zero-order valence-corrected chi connectivity index (χ0v) is 14.5. The predicted octanol–water partition coefficient (Wildman–Crippen LogP) is 2.66. The summed E-state index contributed by atoms with van der Waals surface area (Å²) in [4.78, 5) is 27.4. The van der Waals surface area contributed by atoms with Crippen LogP contribution in [0.5, 0.6) is 0 Å². The van der Waals surface area contributed by atoms with Crippen LogP contribution >= 0.6 is 11.6 Å². The highest BCUT2D eigenvalue weighted by atomic mass is 35.5. The minimum Gasteiger partial charge on any atom is -0.481 e. The van der Waals surface area contributed by atoms with Gasteiger partial charge in [-0.2, -0.15) is 0 Å². The molecular formula is C17H23ClN2O3. The lowest BCUT2D eigenvalue weighted by Gasteiger charge is -2.28. The number of nitrogens with zero attached hydrogens (tertiary/aromatic N) is 2. The van der Waals surface area contributed by atoms with Crippen LogP contribution in [0.2, 0.25) is 5.02 Å². The lowest BCUT2D eigenvalue weighted by molar-refractivity contribution is -0.147. The summed E-state index contributed by atoms with van der Waals surface area (Å²) in [5.41, 5.74) is 0.266. The number of rotatable bonds is 5. The molecule has 0 saturated carbocycles. The van der Waals surface area contributed by atoms with Gasteiger partial charge in [-0.1, -0.05) is 23.7 Å². The summed E-state index contributed by atoms with van der Waals surface area (Å²) in [6.45, 7) is 5.00. The number of aliphatic carboxylic acids is 1. The number of likely N-dealkylation sites (tertiary alicyclic amines) is 1. The van der Waals surface area contributed by atoms with E-state index in [1.54, 1.807) is 18.9 Å². The van der Waals surface area contributed by atoms with Crippen molar-refractivity contribution in [3.63, 3.8) is 0 Å². The number of carbonyl (C=O) groups is 2. The summed E-state index contributed by atoms with van der Waals surface area (Å²) in [6.07, 6.45) is 0.575. The van der Waals surface area contributed by atoms with Crippen molar-refractivity contribution in [3.05, 3.63) is 34.9 Å². The first kappa shape index (κ1) is 17.8. The Hall–Kier alpha value is -1.59. The number of halogens is 1. The maximum absolute atomic E-state index is 12.5. The molecule has 0 aliphatic carbocycles. The molecule has 1 aromatic carbocycles. The van der Waals surface area contributed by atoms with Gasteiger partial charge in [0.05, 0.1) is 18.0 Å². The van der Waals surface area contributed by atoms with E-state index in [4.69, 9.17) is 11.6 Å². The Balaban J connectivity index is 1.95. The second-order valence-electron chi connectivity index (χ2n) is 6.56. The Bertz CT molecular complexity index is 590. The van der Waals surface area contributed by atoms with Crippen molar-refractivity contribution in [3.8, 4) is 0 Å². The van der Waals surface area contributed by atoms with Crippen LogP contribution in [0, 0.1) is 5.41 Å². The van der Waals surface area contributed by atoms with Gasteiger partial charge in [0.25, 0.3) is 0 Å². The van der Waals surface area contributed by atoms with E-state index in [0.717, 1.165) is 5.56 Å². The Labute approximate surface area is 141 Å². The molecule has 23 heavy (non-hydrogen) atoms. The van der Waals surface area contributed by atoms with Crippen molar-refractivity contribution in [1.82, 2.24) is 9.80 Å². The van der Waals surface area contributed by atoms with E-state index in [-0.39, 0.29) is 18.5 Å². The number of amides is 1. The van der Waals surface area contributed by atoms with Crippen LogP contribution in [-0.2, 0) is 9.59 Å². The van der Waals surface area contributed by atoms with Crippen molar-refractivity contribution in [2.24, 2.45) is 5.41 Å². The zero-order chi connectivity index (χ0) is 17.2. The Morgan fingerprint density at radius 1 is 1.39 bits per heavy atom. The monoisotopic (exact) mass is 338 g/mol. The normalized spacial score (nSPS) is 22.8. The summed E-state index contributed by atoms with van der Waals surface area (Å²) >= 11 is 5.89. The van der Waals surface area contributed by atoms with Gasteiger partial charge in [-0.3, -0.25) is 14.5 Å². The number of likely N-dealkylation sites (N-methyl/N-ethyl adjacent to an activating group) is 1. The molecule has 126 valence electrons. The predicted molar refractivity (Wildman–Crippen MR) is 89.4 cm³/mol. The Kier molecular flexibility index (Phi) is 5.32. The fourth-order valence-corrected chi connectivity index (χ4v) is 2.98. The van der Waals surface area contributed by atoms with Crippen molar-refractivity contribution in [2.75, 3.05) is 26.7 Å². The van der Waals surface area contributed by atoms with E-state index in [9.17, 15) is 14.7 Å². The lowest BCUT2D eigenvalue weighted by Crippen LogP contribution is -2.40. The van der Waals surface area contributed by atoms with E-state index in [2.05, 4.69) is 0 Å². The molecule has 1 fully saturated rings. The van der Waals surface area contributed by atoms with Crippen LogP contribution in [0.1, 0.15) is 31.9 Å². The number of hydrogen-bond donors (Lipinski definition) is 1. The average molecular weight is 339 g/mol. The lowest BCUT2D eigenvalue weighted by atomic mass is 9.90. The van der Waals surface area contributed by atoms with Crippen molar-refractivity contribution in [1.29, 1.82) is 0 Å². The van der Waals surface area contributed by atoms with Crippen LogP contribution in [0.3, 0.4) is 0 Å². The van der Waals surface area contributed by atoms with Crippen LogP contribution in [0.15, 0.2) is 24.3 Å². The standard InChI is InChI=1S/C17H23ClN2O3/c1-12(13-4-6-14(18)7-5-13)19(3)15(21)10-20-9-8-17(2,11-20)16(22)23/h4-7,12H,8-11H2,1-3H3,(H,22,23). The van der Waals surface area contributed by atoms with Gasteiger partial charge < -0.3 is 10.0 Å².